The molecular weight excluding hydrogens is 322 g/mol. The minimum Gasteiger partial charge on any atom is -0.493 e. The molecule has 1 aromatic rings. The van der Waals surface area contributed by atoms with Crippen LogP contribution in [0, 0.1) is 0 Å². The molecule has 2 unspecified atom stereocenters. The number of benzene rings is 1. The number of rotatable bonds is 4. The van der Waals surface area contributed by atoms with E-state index in [1.54, 1.807) is 0 Å². The first kappa shape index (κ1) is 14.0. The van der Waals surface area contributed by atoms with E-state index in [-0.39, 0.29) is 18.0 Å². The number of ketones is 1. The van der Waals surface area contributed by atoms with E-state index in [0.717, 1.165) is 35.0 Å². The lowest BCUT2D eigenvalue weighted by Gasteiger charge is -2.13. The minimum atomic E-state index is -0.306. The Hall–Kier alpha value is -0.910. The van der Waals surface area contributed by atoms with Crippen molar-refractivity contribution >= 4 is 21.7 Å². The Kier molecular flexibility index (Phi) is 4.10. The van der Waals surface area contributed by atoms with Crippen LogP contribution in [0.25, 0.3) is 0 Å². The third kappa shape index (κ3) is 2.75. The Morgan fingerprint density at radius 2 is 2.25 bits per heavy atom. The van der Waals surface area contributed by atoms with Crippen LogP contribution in [-0.2, 0) is 22.4 Å². The molecule has 0 bridgehead atoms. The summed E-state index contributed by atoms with van der Waals surface area (Å²) < 4.78 is 12.3. The Bertz CT molecular complexity index is 532. The summed E-state index contributed by atoms with van der Waals surface area (Å²) >= 11 is 3.50. The fourth-order valence-electron chi connectivity index (χ4n) is 2.89. The van der Waals surface area contributed by atoms with E-state index in [1.807, 2.05) is 6.07 Å². The second-order valence-electron chi connectivity index (χ2n) is 5.35. The third-order valence-corrected chi connectivity index (χ3v) is 4.38. The summed E-state index contributed by atoms with van der Waals surface area (Å²) in [5.74, 6) is 1.01. The largest absolute Gasteiger partial charge is 0.493 e. The lowest BCUT2D eigenvalue weighted by Crippen LogP contribution is -2.26. The van der Waals surface area contributed by atoms with Crippen LogP contribution in [0.2, 0.25) is 0 Å². The predicted molar refractivity (Wildman–Crippen MR) is 79.0 cm³/mol. The number of hydrogen-bond acceptors (Lipinski definition) is 4. The SMILES string of the molecule is NCC1CCC(C(=O)Cc2cc(Br)cc3c2OCC3)O1. The van der Waals surface area contributed by atoms with Crippen LogP contribution in [0.15, 0.2) is 16.6 Å². The van der Waals surface area contributed by atoms with E-state index in [0.29, 0.717) is 19.6 Å². The van der Waals surface area contributed by atoms with Crippen molar-refractivity contribution in [2.45, 2.75) is 37.9 Å². The number of halogens is 1. The molecule has 108 valence electrons. The summed E-state index contributed by atoms with van der Waals surface area (Å²) in [4.78, 5) is 12.4. The van der Waals surface area contributed by atoms with Gasteiger partial charge in [-0.05, 0) is 30.5 Å². The molecule has 0 radical (unpaired) electrons. The molecule has 4 nitrogen and oxygen atoms in total. The molecule has 0 aliphatic carbocycles. The average Bonchev–Trinajstić information content (AvgIpc) is 3.06. The second kappa shape index (κ2) is 5.84. The quantitative estimate of drug-likeness (QED) is 0.911. The van der Waals surface area contributed by atoms with Gasteiger partial charge in [0.05, 0.1) is 12.7 Å². The summed E-state index contributed by atoms with van der Waals surface area (Å²) in [7, 11) is 0. The van der Waals surface area contributed by atoms with Gasteiger partial charge in [0, 0.05) is 29.4 Å². The lowest BCUT2D eigenvalue weighted by molar-refractivity contribution is -0.128. The molecule has 1 aromatic carbocycles. The number of carbonyl (C=O) groups excluding carboxylic acids is 1. The molecule has 2 atom stereocenters. The fraction of sp³-hybridized carbons (Fsp3) is 0.533. The number of ether oxygens (including phenoxy) is 2. The maximum absolute atomic E-state index is 12.4. The molecular formula is C15H18BrNO3. The van der Waals surface area contributed by atoms with Gasteiger partial charge in [0.2, 0.25) is 0 Å². The van der Waals surface area contributed by atoms with Crippen LogP contribution in [0.4, 0.5) is 0 Å². The molecule has 1 fully saturated rings. The Morgan fingerprint density at radius 3 is 3.00 bits per heavy atom. The van der Waals surface area contributed by atoms with E-state index in [9.17, 15) is 4.79 Å². The molecule has 2 heterocycles. The zero-order chi connectivity index (χ0) is 14.1. The summed E-state index contributed by atoms with van der Waals surface area (Å²) in [6.07, 6.45) is 2.65. The van der Waals surface area contributed by atoms with Crippen LogP contribution in [0.5, 0.6) is 5.75 Å². The number of hydrogen-bond donors (Lipinski definition) is 1. The average molecular weight is 340 g/mol. The maximum atomic E-state index is 12.4. The van der Waals surface area contributed by atoms with Gasteiger partial charge in [-0.15, -0.1) is 0 Å². The molecule has 0 saturated carbocycles. The Balaban J connectivity index is 1.74. The highest BCUT2D eigenvalue weighted by Crippen LogP contribution is 2.34. The van der Waals surface area contributed by atoms with Gasteiger partial charge >= 0.3 is 0 Å². The minimum absolute atomic E-state index is 0.0356. The van der Waals surface area contributed by atoms with Crippen LogP contribution in [-0.4, -0.2) is 31.1 Å². The zero-order valence-corrected chi connectivity index (χ0v) is 12.8. The number of Topliss-reactive ketones (excluding diaryl/α,β-unsaturated/α-hetero) is 1. The predicted octanol–water partition coefficient (Wildman–Crippen LogP) is 2.00. The highest BCUT2D eigenvalue weighted by atomic mass is 79.9. The van der Waals surface area contributed by atoms with Gasteiger partial charge in [-0.1, -0.05) is 15.9 Å². The number of fused-ring (bicyclic) bond motifs is 1. The number of nitrogens with two attached hydrogens (primary N) is 1. The molecule has 5 heteroatoms. The van der Waals surface area contributed by atoms with Gasteiger partial charge < -0.3 is 15.2 Å². The third-order valence-electron chi connectivity index (χ3n) is 3.92. The number of carbonyl (C=O) groups is 1. The normalized spacial score (nSPS) is 24.5. The molecule has 0 amide bonds. The van der Waals surface area contributed by atoms with Crippen LogP contribution >= 0.6 is 15.9 Å². The monoisotopic (exact) mass is 339 g/mol. The first-order valence-electron chi connectivity index (χ1n) is 6.99. The zero-order valence-electron chi connectivity index (χ0n) is 11.2. The summed E-state index contributed by atoms with van der Waals surface area (Å²) in [6.45, 7) is 1.18. The van der Waals surface area contributed by atoms with Crippen LogP contribution in [0.1, 0.15) is 24.0 Å². The van der Waals surface area contributed by atoms with Gasteiger partial charge in [0.25, 0.3) is 0 Å². The van der Waals surface area contributed by atoms with Gasteiger partial charge in [-0.25, -0.2) is 0 Å². The summed E-state index contributed by atoms with van der Waals surface area (Å²) in [5.41, 5.74) is 7.71. The van der Waals surface area contributed by atoms with Crippen LogP contribution in [0.3, 0.4) is 0 Å². The Morgan fingerprint density at radius 1 is 1.40 bits per heavy atom. The molecule has 2 N–H and O–H groups in total. The smallest absolute Gasteiger partial charge is 0.166 e. The molecule has 2 aliphatic heterocycles. The van der Waals surface area contributed by atoms with Crippen molar-refractivity contribution in [3.63, 3.8) is 0 Å². The van der Waals surface area contributed by atoms with Gasteiger partial charge in [0.15, 0.2) is 5.78 Å². The second-order valence-corrected chi connectivity index (χ2v) is 6.27. The fourth-order valence-corrected chi connectivity index (χ4v) is 3.45. The highest BCUT2D eigenvalue weighted by molar-refractivity contribution is 9.10. The first-order chi connectivity index (χ1) is 9.67. The maximum Gasteiger partial charge on any atom is 0.166 e. The van der Waals surface area contributed by atoms with Crippen molar-refractivity contribution in [3.8, 4) is 5.75 Å². The van der Waals surface area contributed by atoms with E-state index in [2.05, 4.69) is 22.0 Å². The van der Waals surface area contributed by atoms with Crippen molar-refractivity contribution in [1.82, 2.24) is 0 Å². The standard InChI is InChI=1S/C15H18BrNO3/c16-11-5-9-3-4-19-15(9)10(6-11)7-13(18)14-2-1-12(8-17)20-14/h5-6,12,14H,1-4,7-8,17H2. The molecule has 20 heavy (non-hydrogen) atoms. The first-order valence-corrected chi connectivity index (χ1v) is 7.79. The van der Waals surface area contributed by atoms with Gasteiger partial charge in [-0.2, -0.15) is 0 Å². The lowest BCUT2D eigenvalue weighted by atomic mass is 10.0. The van der Waals surface area contributed by atoms with E-state index in [4.69, 9.17) is 15.2 Å². The molecule has 3 rings (SSSR count). The van der Waals surface area contributed by atoms with Gasteiger partial charge in [0.1, 0.15) is 11.9 Å². The molecule has 0 spiro atoms. The topological polar surface area (TPSA) is 61.6 Å². The van der Waals surface area contributed by atoms with E-state index < -0.39 is 0 Å². The van der Waals surface area contributed by atoms with Crippen molar-refractivity contribution in [3.05, 3.63) is 27.7 Å². The summed E-state index contributed by atoms with van der Waals surface area (Å²) in [6, 6.07) is 4.03. The summed E-state index contributed by atoms with van der Waals surface area (Å²) in [5, 5.41) is 0. The van der Waals surface area contributed by atoms with Gasteiger partial charge in [-0.3, -0.25) is 4.79 Å². The van der Waals surface area contributed by atoms with Crippen molar-refractivity contribution in [2.24, 2.45) is 5.73 Å². The molecule has 0 aromatic heterocycles. The van der Waals surface area contributed by atoms with Crippen molar-refractivity contribution < 1.29 is 14.3 Å². The van der Waals surface area contributed by atoms with E-state index in [1.165, 1.54) is 5.56 Å². The van der Waals surface area contributed by atoms with E-state index >= 15 is 0 Å². The van der Waals surface area contributed by atoms with Crippen molar-refractivity contribution in [2.75, 3.05) is 13.2 Å². The van der Waals surface area contributed by atoms with Crippen LogP contribution < -0.4 is 10.5 Å². The highest BCUT2D eigenvalue weighted by Gasteiger charge is 2.30. The molecule has 1 saturated heterocycles. The van der Waals surface area contributed by atoms with Crippen molar-refractivity contribution in [1.29, 1.82) is 0 Å². The Labute approximate surface area is 126 Å². The molecule has 2 aliphatic rings.